The van der Waals surface area contributed by atoms with Crippen LogP contribution < -0.4 is 0 Å². The molecule has 4 unspecified atom stereocenters. The smallest absolute Gasteiger partial charge is 0.693 e. The molecule has 207 valence electrons. The Hall–Kier alpha value is 0.590. The van der Waals surface area contributed by atoms with E-state index in [0.29, 0.717) is 49.0 Å². The first-order valence-electron chi connectivity index (χ1n) is 13.7. The van der Waals surface area contributed by atoms with Crippen LogP contribution in [0.3, 0.4) is 0 Å². The monoisotopic (exact) mass is 944 g/mol. The van der Waals surface area contributed by atoms with Crippen molar-refractivity contribution in [2.75, 3.05) is 32.8 Å². The van der Waals surface area contributed by atoms with Crippen molar-refractivity contribution in [3.8, 4) is 0 Å². The van der Waals surface area contributed by atoms with E-state index in [4.69, 9.17) is 26.0 Å². The minimum Gasteiger partial charge on any atom is -0.693 e. The van der Waals surface area contributed by atoms with Crippen molar-refractivity contribution >= 4 is 28.4 Å². The number of fused-ring (bicyclic) bond motifs is 3. The van der Waals surface area contributed by atoms with Crippen LogP contribution in [0.4, 0.5) is 0 Å². The molecular formula is C27H40Cl2Hg2N3O4-2. The first-order chi connectivity index (χ1) is 17.6. The summed E-state index contributed by atoms with van der Waals surface area (Å²) in [6, 6.07) is 0. The van der Waals surface area contributed by atoms with Crippen molar-refractivity contribution in [1.29, 1.82) is 0 Å². The maximum atomic E-state index is 13.0. The minimum absolute atomic E-state index is 0. The molecule has 0 aromatic rings. The topological polar surface area (TPSA) is 114 Å². The van der Waals surface area contributed by atoms with Gasteiger partial charge in [0, 0.05) is 5.41 Å². The van der Waals surface area contributed by atoms with Gasteiger partial charge in [0.25, 0.3) is 0 Å². The summed E-state index contributed by atoms with van der Waals surface area (Å²) < 4.78 is 12.2. The van der Waals surface area contributed by atoms with E-state index in [1.165, 1.54) is 38.5 Å². The van der Waals surface area contributed by atoms with Crippen molar-refractivity contribution in [1.82, 2.24) is 0 Å². The van der Waals surface area contributed by atoms with Crippen LogP contribution >= 0.6 is 16.5 Å². The number of carbonyl (C=O) groups excluding carboxylic acids is 2. The number of hydrogen-bond donors (Lipinski definition) is 0. The zero-order valence-electron chi connectivity index (χ0n) is 22.5. The third-order valence-electron chi connectivity index (χ3n) is 9.24. The number of nitrogens with zero attached hydrogens (tertiary/aromatic N) is 2. The van der Waals surface area contributed by atoms with Crippen molar-refractivity contribution in [3.63, 3.8) is 0 Å². The van der Waals surface area contributed by atoms with Gasteiger partial charge in [-0.25, -0.2) is 4.79 Å². The van der Waals surface area contributed by atoms with Crippen LogP contribution in [0.5, 0.6) is 0 Å². The van der Waals surface area contributed by atoms with Crippen LogP contribution in [0.1, 0.15) is 64.2 Å². The fourth-order valence-corrected chi connectivity index (χ4v) is 7.67. The molecule has 2 heterocycles. The summed E-state index contributed by atoms with van der Waals surface area (Å²) in [5.74, 6) is 1.95. The molecule has 0 amide bonds. The van der Waals surface area contributed by atoms with E-state index in [0.717, 1.165) is 38.8 Å². The van der Waals surface area contributed by atoms with Crippen LogP contribution in [0.25, 0.3) is 16.8 Å². The van der Waals surface area contributed by atoms with Gasteiger partial charge < -0.3 is 26.3 Å². The van der Waals surface area contributed by atoms with Gasteiger partial charge in [0.2, 0.25) is 0 Å². The van der Waals surface area contributed by atoms with Crippen LogP contribution in [0, 0.1) is 35.0 Å². The minimum atomic E-state index is -1.14. The molecule has 5 aliphatic rings. The maximum Gasteiger partial charge on any atom is 1.00 e. The molecule has 2 N–H and O–H groups in total. The summed E-state index contributed by atoms with van der Waals surface area (Å²) in [5, 5.41) is 8.51. The first-order valence-corrected chi connectivity index (χ1v) is 27.3. The zero-order valence-corrected chi connectivity index (χ0v) is 35.0. The molecule has 0 aromatic carbocycles. The van der Waals surface area contributed by atoms with Crippen LogP contribution in [0.2, 0.25) is 0 Å². The zero-order chi connectivity index (χ0) is 25.4. The molecule has 0 spiro atoms. The van der Waals surface area contributed by atoms with Crippen molar-refractivity contribution in [2.45, 2.75) is 64.2 Å². The van der Waals surface area contributed by atoms with E-state index in [1.54, 1.807) is 12.3 Å². The summed E-state index contributed by atoms with van der Waals surface area (Å²) in [4.78, 5) is 25.9. The Morgan fingerprint density at radius 3 is 2.03 bits per heavy atom. The number of hydrogen-bond acceptors (Lipinski definition) is 4. The quantitative estimate of drug-likeness (QED) is 0.204. The molecule has 38 heavy (non-hydrogen) atoms. The van der Waals surface area contributed by atoms with Crippen molar-refractivity contribution < 1.29 is 68.8 Å². The van der Waals surface area contributed by atoms with E-state index in [1.807, 2.05) is 6.08 Å². The average molecular weight is 943 g/mol. The number of halogens is 2. The Morgan fingerprint density at radius 1 is 0.921 bits per heavy atom. The third kappa shape index (κ3) is 8.33. The molecule has 3 aliphatic carbocycles. The maximum absolute atomic E-state index is 13.0. The van der Waals surface area contributed by atoms with E-state index >= 15 is 0 Å². The Balaban J connectivity index is 0.000000969. The number of ether oxygens (including phenoxy) is 2. The summed E-state index contributed by atoms with van der Waals surface area (Å²) >= 11 is -1.14. The molecule has 3 saturated carbocycles. The summed E-state index contributed by atoms with van der Waals surface area (Å²) in [5.41, 5.74) is 0.339. The molecule has 4 fully saturated rings. The fraction of sp³-hybridized carbons (Fsp3) is 0.778. The Morgan fingerprint density at radius 2 is 1.47 bits per heavy atom. The van der Waals surface area contributed by atoms with Gasteiger partial charge in [-0.15, -0.1) is 19.6 Å². The second kappa shape index (κ2) is 17.5. The standard InChI is InChI=1S/C27H38N2O4.2ClH.2Hg.H2N/c30-25(19-9-13-28-14-10-19)32-17-27(18-33-26(31)20-11-15-29-16-12-20)23-7-3-1-5-21(23)22-6-2-4-8-24(22)27;;;;;/h9-10,13,20-24H,1-8,11-12,14-18H2;2*1H;;;1H2/q-2;;;+1;+2;-1/p-2. The molecule has 0 aromatic heterocycles. The average Bonchev–Trinajstić information content (AvgIpc) is 3.22. The van der Waals surface area contributed by atoms with E-state index in [2.05, 4.69) is 10.6 Å². The first kappa shape index (κ1) is 34.8. The predicted molar refractivity (Wildman–Crippen MR) is 144 cm³/mol. The molecule has 4 atom stereocenters. The van der Waals surface area contributed by atoms with Crippen molar-refractivity contribution in [2.24, 2.45) is 35.0 Å². The van der Waals surface area contributed by atoms with Crippen molar-refractivity contribution in [3.05, 3.63) is 40.7 Å². The number of piperidine rings is 1. The van der Waals surface area contributed by atoms with Gasteiger partial charge in [-0.2, -0.15) is 6.20 Å². The molecule has 0 bridgehead atoms. The molecule has 1 saturated heterocycles. The summed E-state index contributed by atoms with van der Waals surface area (Å²) in [7, 11) is 9.97. The summed E-state index contributed by atoms with van der Waals surface area (Å²) in [6.45, 7) is 2.80. The normalized spacial score (nSPS) is 31.7. The molecular weight excluding hydrogens is 902 g/mol. The van der Waals surface area contributed by atoms with Gasteiger partial charge in [0.05, 0.1) is 11.5 Å². The Kier molecular flexibility index (Phi) is 16.0. The van der Waals surface area contributed by atoms with Crippen LogP contribution in [-0.4, -0.2) is 44.8 Å². The van der Waals surface area contributed by atoms with Gasteiger partial charge >= 0.3 is 78.2 Å². The number of nitrogens with two attached hydrogens (primary N) is 1. The predicted octanol–water partition coefficient (Wildman–Crippen LogP) is 7.39. The van der Waals surface area contributed by atoms with Gasteiger partial charge in [0.1, 0.15) is 13.2 Å². The summed E-state index contributed by atoms with van der Waals surface area (Å²) in [6.07, 6.45) is 16.7. The van der Waals surface area contributed by atoms with E-state index in [9.17, 15) is 9.59 Å². The SMILES string of the molecule is O=C(OCC1(COC(=O)C2CC[N-]CC2)C2CCCCC2C2CCCCC21)C1=CC[N-]C=C1.[Cl][Hg][Cl].[Hg+].[NH2-]. The van der Waals surface area contributed by atoms with E-state index in [-0.39, 0.29) is 57.1 Å². The van der Waals surface area contributed by atoms with Crippen LogP contribution in [0.15, 0.2) is 23.9 Å². The molecule has 7 nitrogen and oxygen atoms in total. The fourth-order valence-electron chi connectivity index (χ4n) is 7.67. The molecule has 5 rings (SSSR count). The number of esters is 2. The molecule has 11 heteroatoms. The number of carbonyl (C=O) groups is 2. The van der Waals surface area contributed by atoms with Gasteiger partial charge in [-0.1, -0.05) is 50.7 Å². The van der Waals surface area contributed by atoms with Crippen LogP contribution in [-0.2, 0) is 68.8 Å². The largest absolute Gasteiger partial charge is 1.00 e. The Labute approximate surface area is 267 Å². The second-order valence-corrected chi connectivity index (χ2v) is 18.8. The van der Waals surface area contributed by atoms with Gasteiger partial charge in [-0.05, 0) is 49.4 Å². The molecule has 1 radical (unpaired) electrons. The van der Waals surface area contributed by atoms with E-state index < -0.39 is 22.1 Å². The van der Waals surface area contributed by atoms with Gasteiger partial charge in [-0.3, -0.25) is 4.79 Å². The van der Waals surface area contributed by atoms with Gasteiger partial charge in [0.15, 0.2) is 0 Å². The molecule has 2 aliphatic heterocycles. The second-order valence-electron chi connectivity index (χ2n) is 10.9. The third-order valence-corrected chi connectivity index (χ3v) is 9.24. The Bertz CT molecular complexity index is 804. The number of rotatable bonds is 6.